The molecular weight excluding hydrogens is 368 g/mol. The average Bonchev–Trinajstić information content (AvgIpc) is 2.76. The lowest BCUT2D eigenvalue weighted by molar-refractivity contribution is -0.902. The molecule has 0 unspecified atom stereocenters. The van der Waals surface area contributed by atoms with E-state index in [1.54, 1.807) is 12.1 Å². The van der Waals surface area contributed by atoms with Gasteiger partial charge in [0.2, 0.25) is 0 Å². The van der Waals surface area contributed by atoms with Crippen LogP contribution in [0.5, 0.6) is 0 Å². The summed E-state index contributed by atoms with van der Waals surface area (Å²) >= 11 is 0. The molecule has 7 nitrogen and oxygen atoms in total. The van der Waals surface area contributed by atoms with Gasteiger partial charge >= 0.3 is 11.8 Å². The molecule has 152 valence electrons. The zero-order chi connectivity index (χ0) is 20.6. The molecule has 3 rings (SSSR count). The second kappa shape index (κ2) is 9.84. The summed E-state index contributed by atoms with van der Waals surface area (Å²) in [6.45, 7) is 6.11. The second-order valence-corrected chi connectivity index (χ2v) is 7.23. The third-order valence-electron chi connectivity index (χ3n) is 5.06. The highest BCUT2D eigenvalue weighted by Gasteiger charge is 2.24. The lowest BCUT2D eigenvalue weighted by Crippen LogP contribution is -3.15. The maximum Gasteiger partial charge on any atom is 0.313 e. The number of hydrogen-bond donors (Lipinski definition) is 3. The Balaban J connectivity index is 1.36. The second-order valence-electron chi connectivity index (χ2n) is 7.23. The van der Waals surface area contributed by atoms with Crippen molar-refractivity contribution >= 4 is 23.4 Å². The van der Waals surface area contributed by atoms with Crippen molar-refractivity contribution in [2.75, 3.05) is 44.6 Å². The minimum absolute atomic E-state index is 0.0609. The van der Waals surface area contributed by atoms with Crippen LogP contribution in [-0.4, -0.2) is 61.9 Å². The van der Waals surface area contributed by atoms with Crippen molar-refractivity contribution in [2.45, 2.75) is 6.92 Å². The van der Waals surface area contributed by atoms with Gasteiger partial charge in [0, 0.05) is 11.3 Å². The molecule has 1 aliphatic heterocycles. The number of amides is 3. The lowest BCUT2D eigenvalue weighted by Gasteiger charge is -2.32. The Bertz CT molecular complexity index is 844. The number of piperazine rings is 1. The minimum atomic E-state index is -0.665. The number of nitrogens with zero attached hydrogens (tertiary/aromatic N) is 1. The molecule has 2 aromatic carbocycles. The fraction of sp³-hybridized carbons (Fsp3) is 0.318. The normalized spacial score (nSPS) is 14.3. The first-order valence-electron chi connectivity index (χ1n) is 9.86. The largest absolute Gasteiger partial charge is 0.342 e. The van der Waals surface area contributed by atoms with Crippen LogP contribution in [-0.2, 0) is 9.59 Å². The zero-order valence-corrected chi connectivity index (χ0v) is 16.6. The van der Waals surface area contributed by atoms with E-state index in [0.717, 1.165) is 25.2 Å². The van der Waals surface area contributed by atoms with Gasteiger partial charge in [-0.1, -0.05) is 35.9 Å². The predicted molar refractivity (Wildman–Crippen MR) is 111 cm³/mol. The van der Waals surface area contributed by atoms with Gasteiger partial charge in [-0.25, -0.2) is 0 Å². The molecule has 0 aromatic heterocycles. The number of aryl methyl sites for hydroxylation is 1. The molecule has 0 bridgehead atoms. The Morgan fingerprint density at radius 3 is 2.24 bits per heavy atom. The van der Waals surface area contributed by atoms with Gasteiger partial charge in [-0.2, -0.15) is 0 Å². The summed E-state index contributed by atoms with van der Waals surface area (Å²) in [5.41, 5.74) is 2.39. The molecule has 2 aromatic rings. The van der Waals surface area contributed by atoms with Crippen molar-refractivity contribution in [1.82, 2.24) is 10.2 Å². The highest BCUT2D eigenvalue weighted by molar-refractivity contribution is 6.39. The van der Waals surface area contributed by atoms with Gasteiger partial charge in [-0.3, -0.25) is 14.4 Å². The van der Waals surface area contributed by atoms with Crippen LogP contribution in [0.2, 0.25) is 0 Å². The van der Waals surface area contributed by atoms with Gasteiger partial charge in [-0.05, 0) is 31.2 Å². The predicted octanol–water partition coefficient (Wildman–Crippen LogP) is 0.0906. The van der Waals surface area contributed by atoms with E-state index in [0.29, 0.717) is 30.9 Å². The molecule has 0 aliphatic carbocycles. The molecule has 0 saturated carbocycles. The first-order chi connectivity index (χ1) is 14.0. The van der Waals surface area contributed by atoms with Crippen molar-refractivity contribution in [3.63, 3.8) is 0 Å². The van der Waals surface area contributed by atoms with Crippen molar-refractivity contribution < 1.29 is 19.3 Å². The van der Waals surface area contributed by atoms with Crippen molar-refractivity contribution in [1.29, 1.82) is 0 Å². The number of rotatable bonds is 5. The fourth-order valence-corrected chi connectivity index (χ4v) is 3.30. The van der Waals surface area contributed by atoms with Crippen molar-refractivity contribution in [3.8, 4) is 0 Å². The van der Waals surface area contributed by atoms with Gasteiger partial charge in [0.25, 0.3) is 5.91 Å². The molecule has 1 saturated heterocycles. The number of nitrogens with one attached hydrogen (secondary N) is 3. The van der Waals surface area contributed by atoms with Crippen LogP contribution < -0.4 is 15.5 Å². The number of hydrogen-bond acceptors (Lipinski definition) is 3. The molecule has 0 spiro atoms. The fourth-order valence-electron chi connectivity index (χ4n) is 3.30. The van der Waals surface area contributed by atoms with Crippen LogP contribution >= 0.6 is 0 Å². The minimum Gasteiger partial charge on any atom is -0.342 e. The Hall–Kier alpha value is -3.19. The first kappa shape index (κ1) is 20.5. The third-order valence-corrected chi connectivity index (χ3v) is 5.06. The van der Waals surface area contributed by atoms with Gasteiger partial charge in [0.15, 0.2) is 0 Å². The Morgan fingerprint density at radius 1 is 0.931 bits per heavy atom. The average molecular weight is 395 g/mol. The summed E-state index contributed by atoms with van der Waals surface area (Å²) in [7, 11) is 0. The van der Waals surface area contributed by atoms with Crippen LogP contribution in [0.4, 0.5) is 5.69 Å². The number of carbonyl (C=O) groups is 3. The van der Waals surface area contributed by atoms with E-state index in [2.05, 4.69) is 10.6 Å². The highest BCUT2D eigenvalue weighted by atomic mass is 16.2. The summed E-state index contributed by atoms with van der Waals surface area (Å²) in [4.78, 5) is 39.6. The number of carbonyl (C=O) groups excluding carboxylic acids is 3. The molecule has 1 fully saturated rings. The van der Waals surface area contributed by atoms with Gasteiger partial charge in [0.1, 0.15) is 0 Å². The van der Waals surface area contributed by atoms with Crippen LogP contribution in [0.25, 0.3) is 0 Å². The molecule has 0 atom stereocenters. The zero-order valence-electron chi connectivity index (χ0n) is 16.6. The maximum absolute atomic E-state index is 12.5. The summed E-state index contributed by atoms with van der Waals surface area (Å²) < 4.78 is 0. The van der Waals surface area contributed by atoms with Gasteiger partial charge in [0.05, 0.1) is 39.3 Å². The molecular formula is C22H27N4O3+. The van der Waals surface area contributed by atoms with Crippen LogP contribution in [0, 0.1) is 6.92 Å². The monoisotopic (exact) mass is 395 g/mol. The molecule has 3 N–H and O–H groups in total. The van der Waals surface area contributed by atoms with E-state index in [1.165, 1.54) is 4.90 Å². The van der Waals surface area contributed by atoms with Gasteiger partial charge in [-0.15, -0.1) is 0 Å². The summed E-state index contributed by atoms with van der Waals surface area (Å²) in [5, 5.41) is 5.26. The van der Waals surface area contributed by atoms with E-state index >= 15 is 0 Å². The standard InChI is InChI=1S/C22H26N4O3/c1-17-7-9-19(10-8-17)24-21(28)20(27)23-11-12-25-13-15-26(16-14-25)22(29)18-5-3-2-4-6-18/h2-10H,11-16H2,1H3,(H,23,27)(H,24,28)/p+1. The van der Waals surface area contributed by atoms with E-state index < -0.39 is 11.8 Å². The van der Waals surface area contributed by atoms with Crippen LogP contribution in [0.3, 0.4) is 0 Å². The van der Waals surface area contributed by atoms with Crippen LogP contribution in [0.1, 0.15) is 15.9 Å². The summed E-state index contributed by atoms with van der Waals surface area (Å²) in [6.07, 6.45) is 0. The lowest BCUT2D eigenvalue weighted by atomic mass is 10.2. The molecule has 3 amide bonds. The topological polar surface area (TPSA) is 82.9 Å². The molecule has 1 heterocycles. The number of quaternary nitrogens is 1. The Labute approximate surface area is 170 Å². The molecule has 29 heavy (non-hydrogen) atoms. The highest BCUT2D eigenvalue weighted by Crippen LogP contribution is 2.08. The smallest absolute Gasteiger partial charge is 0.313 e. The van der Waals surface area contributed by atoms with Crippen molar-refractivity contribution in [2.24, 2.45) is 0 Å². The van der Waals surface area contributed by atoms with E-state index in [9.17, 15) is 14.4 Å². The number of benzene rings is 2. The molecule has 0 radical (unpaired) electrons. The first-order valence-corrected chi connectivity index (χ1v) is 9.86. The third kappa shape index (κ3) is 5.89. The SMILES string of the molecule is Cc1ccc(NC(=O)C(=O)NCC[NH+]2CCN(C(=O)c3ccccc3)CC2)cc1. The molecule has 7 heteroatoms. The molecule has 1 aliphatic rings. The summed E-state index contributed by atoms with van der Waals surface area (Å²) in [5.74, 6) is -1.24. The van der Waals surface area contributed by atoms with E-state index in [4.69, 9.17) is 0 Å². The Kier molecular flexibility index (Phi) is 6.97. The quantitative estimate of drug-likeness (QED) is 0.628. The number of anilines is 1. The summed E-state index contributed by atoms with van der Waals surface area (Å²) in [6, 6.07) is 16.6. The van der Waals surface area contributed by atoms with Crippen molar-refractivity contribution in [3.05, 3.63) is 65.7 Å². The van der Waals surface area contributed by atoms with E-state index in [-0.39, 0.29) is 5.91 Å². The van der Waals surface area contributed by atoms with E-state index in [1.807, 2.05) is 54.3 Å². The van der Waals surface area contributed by atoms with Crippen LogP contribution in [0.15, 0.2) is 54.6 Å². The maximum atomic E-state index is 12.5. The Morgan fingerprint density at radius 2 is 1.59 bits per heavy atom. The van der Waals surface area contributed by atoms with Gasteiger partial charge < -0.3 is 20.4 Å².